The van der Waals surface area contributed by atoms with Crippen LogP contribution in [0.5, 0.6) is 0 Å². The molecule has 146 valence electrons. The van der Waals surface area contributed by atoms with Crippen molar-refractivity contribution in [2.45, 2.75) is 4.90 Å². The number of carbonyl (C=O) groups is 1. The predicted molar refractivity (Wildman–Crippen MR) is 109 cm³/mol. The molecule has 3 aromatic carbocycles. The number of amides is 1. The fraction of sp³-hybridized carbons (Fsp3) is 0.0476. The lowest BCUT2D eigenvalue weighted by Gasteiger charge is -2.08. The monoisotopic (exact) mass is 409 g/mol. The number of para-hydroxylation sites is 2. The van der Waals surface area contributed by atoms with Crippen molar-refractivity contribution in [3.63, 3.8) is 0 Å². The van der Waals surface area contributed by atoms with Crippen LogP contribution < -0.4 is 5.32 Å². The van der Waals surface area contributed by atoms with E-state index in [-0.39, 0.29) is 4.90 Å². The van der Waals surface area contributed by atoms with Crippen LogP contribution in [0.4, 0.5) is 10.1 Å². The van der Waals surface area contributed by atoms with Gasteiger partial charge in [0.05, 0.1) is 15.9 Å². The van der Waals surface area contributed by atoms with Gasteiger partial charge in [-0.25, -0.2) is 17.8 Å². The van der Waals surface area contributed by atoms with Gasteiger partial charge in [0.25, 0.3) is 0 Å². The molecule has 0 bridgehead atoms. The number of nitrogens with zero attached hydrogens (tertiary/aromatic N) is 1. The fourth-order valence-corrected chi connectivity index (χ4v) is 4.06. The minimum absolute atomic E-state index is 0.106. The molecule has 2 N–H and O–H groups in total. The van der Waals surface area contributed by atoms with Gasteiger partial charge in [0.15, 0.2) is 9.84 Å². The van der Waals surface area contributed by atoms with Crippen molar-refractivity contribution < 1.29 is 17.6 Å². The molecule has 0 atom stereocenters. The normalized spacial score (nSPS) is 11.5. The van der Waals surface area contributed by atoms with Crippen molar-refractivity contribution in [3.8, 4) is 11.4 Å². The second-order valence-corrected chi connectivity index (χ2v) is 8.43. The Bertz CT molecular complexity index is 1270. The third-order valence-corrected chi connectivity index (χ3v) is 5.94. The van der Waals surface area contributed by atoms with Crippen LogP contribution in [0.3, 0.4) is 0 Å². The summed E-state index contributed by atoms with van der Waals surface area (Å²) in [5, 5.41) is 2.59. The maximum atomic E-state index is 13.0. The number of rotatable bonds is 5. The largest absolute Gasteiger partial charge is 0.338 e. The van der Waals surface area contributed by atoms with E-state index in [1.807, 2.05) is 30.3 Å². The molecule has 4 aromatic rings. The third-order valence-electron chi connectivity index (χ3n) is 4.30. The number of hydrogen-bond donors (Lipinski definition) is 2. The predicted octanol–water partition coefficient (Wildman–Crippen LogP) is 3.78. The number of sulfone groups is 1. The molecule has 4 rings (SSSR count). The van der Waals surface area contributed by atoms with E-state index >= 15 is 0 Å². The lowest BCUT2D eigenvalue weighted by molar-refractivity contribution is -0.113. The first-order chi connectivity index (χ1) is 13.9. The van der Waals surface area contributed by atoms with Crippen molar-refractivity contribution in [2.75, 3.05) is 11.1 Å². The number of nitrogens with one attached hydrogen (secondary N) is 2. The van der Waals surface area contributed by atoms with Crippen LogP contribution in [0.1, 0.15) is 0 Å². The van der Waals surface area contributed by atoms with Gasteiger partial charge in [0, 0.05) is 11.3 Å². The fourth-order valence-electron chi connectivity index (χ4n) is 2.93. The Labute approximate surface area is 166 Å². The summed E-state index contributed by atoms with van der Waals surface area (Å²) >= 11 is 0. The molecule has 1 amide bonds. The molecule has 0 fully saturated rings. The smallest absolute Gasteiger partial charge is 0.239 e. The Morgan fingerprint density at radius 1 is 1.00 bits per heavy atom. The van der Waals surface area contributed by atoms with E-state index < -0.39 is 27.3 Å². The number of fused-ring (bicyclic) bond motifs is 1. The molecule has 29 heavy (non-hydrogen) atoms. The number of anilines is 1. The van der Waals surface area contributed by atoms with Crippen LogP contribution in [0, 0.1) is 5.82 Å². The van der Waals surface area contributed by atoms with Gasteiger partial charge in [-0.15, -0.1) is 0 Å². The molecule has 6 nitrogen and oxygen atoms in total. The Balaban J connectivity index is 1.51. The molecule has 0 aliphatic carbocycles. The van der Waals surface area contributed by atoms with Gasteiger partial charge in [-0.3, -0.25) is 4.79 Å². The molecule has 1 aromatic heterocycles. The summed E-state index contributed by atoms with van der Waals surface area (Å²) in [6, 6.07) is 18.9. The Hall–Kier alpha value is -3.52. The first-order valence-corrected chi connectivity index (χ1v) is 10.4. The average molecular weight is 409 g/mol. The van der Waals surface area contributed by atoms with Crippen molar-refractivity contribution in [1.29, 1.82) is 0 Å². The zero-order valence-electron chi connectivity index (χ0n) is 15.1. The summed E-state index contributed by atoms with van der Waals surface area (Å²) in [5.74, 6) is -1.33. The zero-order chi connectivity index (χ0) is 20.4. The van der Waals surface area contributed by atoms with Crippen LogP contribution in [-0.4, -0.2) is 30.0 Å². The second kappa shape index (κ2) is 7.48. The van der Waals surface area contributed by atoms with Crippen LogP contribution in [-0.2, 0) is 14.6 Å². The lowest BCUT2D eigenvalue weighted by Crippen LogP contribution is -2.23. The molecule has 0 saturated heterocycles. The van der Waals surface area contributed by atoms with E-state index in [2.05, 4.69) is 15.3 Å². The molecular weight excluding hydrogens is 393 g/mol. The SMILES string of the molecule is O=C(CS(=O)(=O)c1ccc(F)cc1)Nc1cccc(-c2nc3ccccc3[nH]2)c1. The van der Waals surface area contributed by atoms with Gasteiger partial charge >= 0.3 is 0 Å². The number of carbonyl (C=O) groups excluding carboxylic acids is 1. The molecule has 0 aliphatic rings. The average Bonchev–Trinajstić information content (AvgIpc) is 3.12. The minimum Gasteiger partial charge on any atom is -0.338 e. The van der Waals surface area contributed by atoms with Crippen molar-refractivity contribution in [1.82, 2.24) is 9.97 Å². The van der Waals surface area contributed by atoms with E-state index in [4.69, 9.17) is 0 Å². The summed E-state index contributed by atoms with van der Waals surface area (Å²) in [7, 11) is -3.87. The van der Waals surface area contributed by atoms with Crippen molar-refractivity contribution in [2.24, 2.45) is 0 Å². The molecule has 8 heteroatoms. The van der Waals surface area contributed by atoms with E-state index in [0.29, 0.717) is 11.5 Å². The highest BCUT2D eigenvalue weighted by Gasteiger charge is 2.19. The lowest BCUT2D eigenvalue weighted by atomic mass is 10.2. The molecule has 0 unspecified atom stereocenters. The summed E-state index contributed by atoms with van der Waals surface area (Å²) in [6.07, 6.45) is 0. The molecule has 0 spiro atoms. The van der Waals surface area contributed by atoms with E-state index in [0.717, 1.165) is 40.9 Å². The van der Waals surface area contributed by atoms with Gasteiger partial charge < -0.3 is 10.3 Å². The molecule has 0 radical (unpaired) electrons. The van der Waals surface area contributed by atoms with Crippen molar-refractivity contribution >= 4 is 32.5 Å². The number of H-pyrrole nitrogens is 1. The molecule has 0 saturated carbocycles. The number of benzene rings is 3. The van der Waals surface area contributed by atoms with Crippen molar-refractivity contribution in [3.05, 3.63) is 78.6 Å². The minimum atomic E-state index is -3.87. The maximum absolute atomic E-state index is 13.0. The third kappa shape index (κ3) is 4.17. The van der Waals surface area contributed by atoms with Gasteiger partial charge in [-0.05, 0) is 48.5 Å². The molecular formula is C21H16FN3O3S. The summed E-state index contributed by atoms with van der Waals surface area (Å²) in [4.78, 5) is 19.9. The highest BCUT2D eigenvalue weighted by molar-refractivity contribution is 7.92. The quantitative estimate of drug-likeness (QED) is 0.491. The van der Waals surface area contributed by atoms with Gasteiger partial charge in [0.2, 0.25) is 5.91 Å². The number of hydrogen-bond acceptors (Lipinski definition) is 4. The maximum Gasteiger partial charge on any atom is 0.239 e. The molecule has 0 aliphatic heterocycles. The summed E-state index contributed by atoms with van der Waals surface area (Å²) in [5.41, 5.74) is 2.91. The Morgan fingerprint density at radius 3 is 2.52 bits per heavy atom. The highest BCUT2D eigenvalue weighted by Crippen LogP contribution is 2.23. The Kier molecular flexibility index (Phi) is 4.85. The first-order valence-electron chi connectivity index (χ1n) is 8.74. The van der Waals surface area contributed by atoms with E-state index in [9.17, 15) is 17.6 Å². The van der Waals surface area contributed by atoms with Crippen LogP contribution in [0.15, 0.2) is 77.7 Å². The highest BCUT2D eigenvalue weighted by atomic mass is 32.2. The Morgan fingerprint density at radius 2 is 1.76 bits per heavy atom. The number of halogens is 1. The summed E-state index contributed by atoms with van der Waals surface area (Å²) < 4.78 is 37.7. The van der Waals surface area contributed by atoms with E-state index in [1.54, 1.807) is 18.2 Å². The number of aromatic amines is 1. The summed E-state index contributed by atoms with van der Waals surface area (Å²) in [6.45, 7) is 0. The topological polar surface area (TPSA) is 91.9 Å². The second-order valence-electron chi connectivity index (χ2n) is 6.44. The molecule has 1 heterocycles. The van der Waals surface area contributed by atoms with Gasteiger partial charge in [0.1, 0.15) is 17.4 Å². The number of imidazole rings is 1. The van der Waals surface area contributed by atoms with E-state index in [1.165, 1.54) is 0 Å². The first kappa shape index (κ1) is 18.8. The van der Waals surface area contributed by atoms with Crippen LogP contribution in [0.25, 0.3) is 22.4 Å². The number of aromatic nitrogens is 2. The standard InChI is InChI=1S/C21H16FN3O3S/c22-15-8-10-17(11-9-15)29(27,28)13-20(26)23-16-5-3-4-14(12-16)21-24-18-6-1-2-7-19(18)25-21/h1-12H,13H2,(H,23,26)(H,24,25). The van der Waals surface area contributed by atoms with Crippen LogP contribution in [0.2, 0.25) is 0 Å². The van der Waals surface area contributed by atoms with Crippen LogP contribution >= 0.6 is 0 Å². The zero-order valence-corrected chi connectivity index (χ0v) is 15.9. The van der Waals surface area contributed by atoms with Gasteiger partial charge in [-0.1, -0.05) is 24.3 Å². The van der Waals surface area contributed by atoms with Gasteiger partial charge in [-0.2, -0.15) is 0 Å².